The van der Waals surface area contributed by atoms with E-state index in [0.29, 0.717) is 0 Å². The topological polar surface area (TPSA) is 113 Å². The highest BCUT2D eigenvalue weighted by Crippen LogP contribution is 2.25. The first-order valence-corrected chi connectivity index (χ1v) is 6.02. The third-order valence-electron chi connectivity index (χ3n) is 3.04. The van der Waals surface area contributed by atoms with Crippen LogP contribution in [0.3, 0.4) is 0 Å². The van der Waals surface area contributed by atoms with Gasteiger partial charge in [-0.1, -0.05) is 0 Å². The molecular formula is C12H14N2O6. The van der Waals surface area contributed by atoms with E-state index in [1.165, 1.54) is 4.90 Å². The Morgan fingerprint density at radius 3 is 2.95 bits per heavy atom. The van der Waals surface area contributed by atoms with Gasteiger partial charge in [-0.2, -0.15) is 0 Å². The summed E-state index contributed by atoms with van der Waals surface area (Å²) in [6, 6.07) is 3.32. The minimum atomic E-state index is -0.670. The lowest BCUT2D eigenvalue weighted by Gasteiger charge is -2.32. The lowest BCUT2D eigenvalue weighted by Crippen LogP contribution is -2.47. The number of amides is 1. The Morgan fingerprint density at radius 2 is 2.30 bits per heavy atom. The van der Waals surface area contributed by atoms with Crippen LogP contribution in [-0.4, -0.2) is 58.4 Å². The summed E-state index contributed by atoms with van der Waals surface area (Å²) in [5.41, 5.74) is -0.534. The van der Waals surface area contributed by atoms with Gasteiger partial charge in [0.2, 0.25) is 0 Å². The van der Waals surface area contributed by atoms with Crippen LogP contribution in [0.15, 0.2) is 18.2 Å². The summed E-state index contributed by atoms with van der Waals surface area (Å²) >= 11 is 0. The molecule has 0 spiro atoms. The highest BCUT2D eigenvalue weighted by atomic mass is 16.6. The number of benzene rings is 1. The van der Waals surface area contributed by atoms with E-state index in [4.69, 9.17) is 9.84 Å². The molecule has 8 nitrogen and oxygen atoms in total. The van der Waals surface area contributed by atoms with Crippen molar-refractivity contribution in [2.75, 3.05) is 26.3 Å². The summed E-state index contributed by atoms with van der Waals surface area (Å²) in [5, 5.41) is 29.4. The van der Waals surface area contributed by atoms with Gasteiger partial charge in [-0.05, 0) is 12.1 Å². The first-order valence-electron chi connectivity index (χ1n) is 6.02. The third kappa shape index (κ3) is 2.86. The lowest BCUT2D eigenvalue weighted by atomic mass is 10.1. The van der Waals surface area contributed by atoms with Crippen LogP contribution < -0.4 is 0 Å². The number of ether oxygens (including phenoxy) is 1. The fourth-order valence-corrected chi connectivity index (χ4v) is 2.04. The van der Waals surface area contributed by atoms with Crippen LogP contribution in [0.1, 0.15) is 10.4 Å². The third-order valence-corrected chi connectivity index (χ3v) is 3.04. The molecule has 0 radical (unpaired) electrons. The first kappa shape index (κ1) is 14.2. The largest absolute Gasteiger partial charge is 0.508 e. The molecule has 2 rings (SSSR count). The van der Waals surface area contributed by atoms with E-state index >= 15 is 0 Å². The van der Waals surface area contributed by atoms with E-state index < -0.39 is 16.9 Å². The van der Waals surface area contributed by atoms with Crippen LogP contribution in [-0.2, 0) is 4.74 Å². The van der Waals surface area contributed by atoms with Gasteiger partial charge >= 0.3 is 0 Å². The van der Waals surface area contributed by atoms with Crippen LogP contribution in [0, 0.1) is 10.1 Å². The van der Waals surface area contributed by atoms with Crippen LogP contribution in [0.25, 0.3) is 0 Å². The maximum atomic E-state index is 12.3. The number of aliphatic hydroxyl groups is 1. The zero-order valence-corrected chi connectivity index (χ0v) is 10.6. The van der Waals surface area contributed by atoms with Gasteiger partial charge in [0.1, 0.15) is 11.3 Å². The molecule has 1 saturated heterocycles. The number of hydrogen-bond donors (Lipinski definition) is 2. The average Bonchev–Trinajstić information content (AvgIpc) is 2.46. The van der Waals surface area contributed by atoms with Crippen molar-refractivity contribution < 1.29 is 24.7 Å². The number of carbonyl (C=O) groups is 1. The number of rotatable bonds is 3. The predicted molar refractivity (Wildman–Crippen MR) is 67.5 cm³/mol. The molecule has 0 bridgehead atoms. The van der Waals surface area contributed by atoms with Gasteiger partial charge in [0.25, 0.3) is 11.6 Å². The molecule has 1 aliphatic rings. The Morgan fingerprint density at radius 1 is 1.55 bits per heavy atom. The molecule has 1 amide bonds. The summed E-state index contributed by atoms with van der Waals surface area (Å²) < 4.78 is 5.22. The maximum Gasteiger partial charge on any atom is 0.282 e. The molecule has 20 heavy (non-hydrogen) atoms. The van der Waals surface area contributed by atoms with Gasteiger partial charge in [0.05, 0.1) is 24.2 Å². The van der Waals surface area contributed by atoms with Crippen molar-refractivity contribution in [2.24, 2.45) is 0 Å². The molecule has 1 atom stereocenters. The molecule has 1 aliphatic heterocycles. The highest BCUT2D eigenvalue weighted by Gasteiger charge is 2.29. The number of carbonyl (C=O) groups excluding carboxylic acids is 1. The Labute approximate surface area is 114 Å². The highest BCUT2D eigenvalue weighted by molar-refractivity contribution is 5.98. The van der Waals surface area contributed by atoms with Crippen LogP contribution >= 0.6 is 0 Å². The van der Waals surface area contributed by atoms with Crippen molar-refractivity contribution in [3.63, 3.8) is 0 Å². The van der Waals surface area contributed by atoms with Gasteiger partial charge in [0.15, 0.2) is 0 Å². The summed E-state index contributed by atoms with van der Waals surface area (Å²) in [4.78, 5) is 23.9. The molecule has 1 heterocycles. The van der Waals surface area contributed by atoms with Crippen molar-refractivity contribution in [2.45, 2.75) is 6.10 Å². The maximum absolute atomic E-state index is 12.3. The molecule has 0 saturated carbocycles. The number of nitro groups is 1. The van der Waals surface area contributed by atoms with E-state index in [-0.39, 0.29) is 43.3 Å². The molecule has 108 valence electrons. The summed E-state index contributed by atoms with van der Waals surface area (Å²) in [6.45, 7) is 0.458. The Bertz CT molecular complexity index is 533. The number of phenols is 1. The molecule has 1 fully saturated rings. The van der Waals surface area contributed by atoms with Gasteiger partial charge in [-0.15, -0.1) is 0 Å². The average molecular weight is 282 g/mol. The number of nitrogens with zero attached hydrogens (tertiary/aromatic N) is 2. The second kappa shape index (κ2) is 5.85. The standard InChI is InChI=1S/C12H14N2O6/c15-7-9-6-13(3-4-20-9)12(17)10-5-8(16)1-2-11(10)14(18)19/h1-2,5,9,15-16H,3-4,6-7H2. The zero-order valence-electron chi connectivity index (χ0n) is 10.6. The number of aliphatic hydroxyl groups excluding tert-OH is 1. The zero-order chi connectivity index (χ0) is 14.7. The van der Waals surface area contributed by atoms with E-state index in [0.717, 1.165) is 18.2 Å². The van der Waals surface area contributed by atoms with E-state index in [1.54, 1.807) is 0 Å². The van der Waals surface area contributed by atoms with E-state index in [9.17, 15) is 20.0 Å². The minimum Gasteiger partial charge on any atom is -0.508 e. The van der Waals surface area contributed by atoms with Gasteiger partial charge < -0.3 is 19.8 Å². The van der Waals surface area contributed by atoms with Crippen LogP contribution in [0.5, 0.6) is 5.75 Å². The smallest absolute Gasteiger partial charge is 0.282 e. The Kier molecular flexibility index (Phi) is 4.16. The number of hydrogen-bond acceptors (Lipinski definition) is 6. The molecular weight excluding hydrogens is 268 g/mol. The monoisotopic (exact) mass is 282 g/mol. The van der Waals surface area contributed by atoms with Crippen molar-refractivity contribution in [1.82, 2.24) is 4.90 Å². The molecule has 8 heteroatoms. The predicted octanol–water partition coefficient (Wildman–Crippen LogP) is 0.134. The molecule has 1 aromatic rings. The minimum absolute atomic E-state index is 0.155. The number of nitro benzene ring substituents is 1. The number of phenolic OH excluding ortho intramolecular Hbond substituents is 1. The Hall–Kier alpha value is -2.19. The fourth-order valence-electron chi connectivity index (χ4n) is 2.04. The van der Waals surface area contributed by atoms with Crippen molar-refractivity contribution in [3.8, 4) is 5.75 Å². The van der Waals surface area contributed by atoms with Crippen LogP contribution in [0.2, 0.25) is 0 Å². The normalized spacial score (nSPS) is 18.9. The van der Waals surface area contributed by atoms with E-state index in [1.807, 2.05) is 0 Å². The van der Waals surface area contributed by atoms with E-state index in [2.05, 4.69) is 0 Å². The fraction of sp³-hybridized carbons (Fsp3) is 0.417. The molecule has 1 unspecified atom stereocenters. The number of morpholine rings is 1. The summed E-state index contributed by atoms with van der Waals surface area (Å²) in [7, 11) is 0. The first-order chi connectivity index (χ1) is 9.52. The summed E-state index contributed by atoms with van der Waals surface area (Å²) in [5.74, 6) is -0.778. The molecule has 1 aromatic carbocycles. The van der Waals surface area contributed by atoms with Crippen molar-refractivity contribution in [1.29, 1.82) is 0 Å². The molecule has 2 N–H and O–H groups in total. The van der Waals surface area contributed by atoms with Crippen LogP contribution in [0.4, 0.5) is 5.69 Å². The second-order valence-corrected chi connectivity index (χ2v) is 4.39. The van der Waals surface area contributed by atoms with Gasteiger partial charge in [-0.25, -0.2) is 0 Å². The van der Waals surface area contributed by atoms with Gasteiger partial charge in [0, 0.05) is 19.2 Å². The lowest BCUT2D eigenvalue weighted by molar-refractivity contribution is -0.385. The molecule has 0 aliphatic carbocycles. The summed E-state index contributed by atoms with van der Waals surface area (Å²) in [6.07, 6.45) is -0.496. The SMILES string of the molecule is O=C(c1cc(O)ccc1[N+](=O)[O-])N1CCOC(CO)C1. The quantitative estimate of drug-likeness (QED) is 0.602. The molecule has 0 aromatic heterocycles. The van der Waals surface area contributed by atoms with Crippen molar-refractivity contribution >= 4 is 11.6 Å². The number of aromatic hydroxyl groups is 1. The Balaban J connectivity index is 2.28. The van der Waals surface area contributed by atoms with Gasteiger partial charge in [-0.3, -0.25) is 14.9 Å². The van der Waals surface area contributed by atoms with Crippen molar-refractivity contribution in [3.05, 3.63) is 33.9 Å². The second-order valence-electron chi connectivity index (χ2n) is 4.39.